The number of hydrogen-bond acceptors (Lipinski definition) is 3. The number of nitrogens with zero attached hydrogens (tertiary/aromatic N) is 2. The molecule has 0 unspecified atom stereocenters. The standard InChI is InChI=1S/C13H6ClF3N2S/c14-9-2-4-10(5-3-9)20-12-8(7-18)1-6-11(19-12)13(15,16)17/h1-6H. The second kappa shape index (κ2) is 5.73. The molecule has 0 aliphatic rings. The van der Waals surface area contributed by atoms with Crippen molar-refractivity contribution in [3.63, 3.8) is 0 Å². The zero-order chi connectivity index (χ0) is 14.8. The molecule has 0 amide bonds. The van der Waals surface area contributed by atoms with Gasteiger partial charge in [0.05, 0.1) is 5.56 Å². The van der Waals surface area contributed by atoms with Gasteiger partial charge in [0.15, 0.2) is 0 Å². The lowest BCUT2D eigenvalue weighted by atomic mass is 10.2. The summed E-state index contributed by atoms with van der Waals surface area (Å²) in [5.74, 6) is 0. The smallest absolute Gasteiger partial charge is 0.235 e. The Morgan fingerprint density at radius 3 is 2.30 bits per heavy atom. The van der Waals surface area contributed by atoms with Gasteiger partial charge in [-0.3, -0.25) is 0 Å². The summed E-state index contributed by atoms with van der Waals surface area (Å²) in [5.41, 5.74) is -0.925. The highest BCUT2D eigenvalue weighted by Crippen LogP contribution is 2.33. The van der Waals surface area contributed by atoms with E-state index in [2.05, 4.69) is 4.98 Å². The average Bonchev–Trinajstić information content (AvgIpc) is 2.40. The monoisotopic (exact) mass is 314 g/mol. The molecule has 0 radical (unpaired) electrons. The Labute approximate surface area is 122 Å². The Morgan fingerprint density at radius 2 is 1.75 bits per heavy atom. The molecule has 0 N–H and O–H groups in total. The highest BCUT2D eigenvalue weighted by Gasteiger charge is 2.33. The van der Waals surface area contributed by atoms with Gasteiger partial charge in [0, 0.05) is 9.92 Å². The summed E-state index contributed by atoms with van der Waals surface area (Å²) in [6.45, 7) is 0. The van der Waals surface area contributed by atoms with Crippen LogP contribution in [0.15, 0.2) is 46.3 Å². The number of nitriles is 1. The molecule has 0 spiro atoms. The predicted molar refractivity (Wildman–Crippen MR) is 69.5 cm³/mol. The summed E-state index contributed by atoms with van der Waals surface area (Å²) in [5, 5.41) is 9.47. The van der Waals surface area contributed by atoms with Crippen molar-refractivity contribution in [3.05, 3.63) is 52.7 Å². The van der Waals surface area contributed by atoms with Gasteiger partial charge >= 0.3 is 6.18 Å². The largest absolute Gasteiger partial charge is 0.433 e. The molecule has 0 aliphatic heterocycles. The number of aromatic nitrogens is 1. The van der Waals surface area contributed by atoms with Crippen LogP contribution in [0, 0.1) is 11.3 Å². The van der Waals surface area contributed by atoms with Crippen LogP contribution in [0.25, 0.3) is 0 Å². The summed E-state index contributed by atoms with van der Waals surface area (Å²) >= 11 is 6.72. The van der Waals surface area contributed by atoms with Crippen LogP contribution in [0.4, 0.5) is 13.2 Å². The maximum atomic E-state index is 12.6. The number of halogens is 4. The van der Waals surface area contributed by atoms with Crippen LogP contribution in [0.3, 0.4) is 0 Å². The molecule has 1 aromatic heterocycles. The Kier molecular flexibility index (Phi) is 4.21. The third-order valence-corrected chi connectivity index (χ3v) is 3.56. The van der Waals surface area contributed by atoms with Gasteiger partial charge in [0.25, 0.3) is 0 Å². The molecule has 1 aromatic carbocycles. The number of pyridine rings is 1. The predicted octanol–water partition coefficient (Wildman–Crippen LogP) is 4.78. The van der Waals surface area contributed by atoms with E-state index in [0.29, 0.717) is 9.92 Å². The molecule has 0 aliphatic carbocycles. The average molecular weight is 315 g/mol. The SMILES string of the molecule is N#Cc1ccc(C(F)(F)F)nc1Sc1ccc(Cl)cc1. The minimum absolute atomic E-state index is 0.0182. The Balaban J connectivity index is 2.39. The van der Waals surface area contributed by atoms with E-state index in [-0.39, 0.29) is 10.6 Å². The van der Waals surface area contributed by atoms with Gasteiger partial charge in [-0.05, 0) is 36.4 Å². The Hall–Kier alpha value is -1.71. The normalized spacial score (nSPS) is 11.2. The summed E-state index contributed by atoms with van der Waals surface area (Å²) in [7, 11) is 0. The Bertz CT molecular complexity index is 663. The zero-order valence-electron chi connectivity index (χ0n) is 9.78. The fourth-order valence-electron chi connectivity index (χ4n) is 1.38. The lowest BCUT2D eigenvalue weighted by molar-refractivity contribution is -0.141. The van der Waals surface area contributed by atoms with Gasteiger partial charge in [0.2, 0.25) is 0 Å². The first-order valence-corrected chi connectivity index (χ1v) is 6.51. The van der Waals surface area contributed by atoms with Crippen molar-refractivity contribution < 1.29 is 13.2 Å². The first kappa shape index (κ1) is 14.7. The molecule has 102 valence electrons. The van der Waals surface area contributed by atoms with E-state index in [4.69, 9.17) is 16.9 Å². The number of rotatable bonds is 2. The van der Waals surface area contributed by atoms with Gasteiger partial charge in [-0.2, -0.15) is 18.4 Å². The Morgan fingerprint density at radius 1 is 1.10 bits per heavy atom. The quantitative estimate of drug-likeness (QED) is 0.800. The maximum absolute atomic E-state index is 12.6. The van der Waals surface area contributed by atoms with Crippen LogP contribution in [0.2, 0.25) is 5.02 Å². The molecule has 2 rings (SSSR count). The van der Waals surface area contributed by atoms with E-state index in [1.807, 2.05) is 6.07 Å². The second-order valence-corrected chi connectivity index (χ2v) is 5.21. The molecule has 20 heavy (non-hydrogen) atoms. The zero-order valence-corrected chi connectivity index (χ0v) is 11.4. The first-order valence-electron chi connectivity index (χ1n) is 5.32. The number of alkyl halides is 3. The summed E-state index contributed by atoms with van der Waals surface area (Å²) < 4.78 is 37.9. The van der Waals surface area contributed by atoms with Crippen LogP contribution in [0.5, 0.6) is 0 Å². The van der Waals surface area contributed by atoms with Crippen molar-refractivity contribution >= 4 is 23.4 Å². The molecule has 1 heterocycles. The van der Waals surface area contributed by atoms with Gasteiger partial charge in [-0.1, -0.05) is 23.4 Å². The molecular formula is C13H6ClF3N2S. The van der Waals surface area contributed by atoms with E-state index in [1.54, 1.807) is 24.3 Å². The van der Waals surface area contributed by atoms with Crippen LogP contribution < -0.4 is 0 Å². The van der Waals surface area contributed by atoms with E-state index >= 15 is 0 Å². The van der Waals surface area contributed by atoms with Gasteiger partial charge in [-0.25, -0.2) is 4.98 Å². The fraction of sp³-hybridized carbons (Fsp3) is 0.0769. The lowest BCUT2D eigenvalue weighted by Gasteiger charge is -2.09. The van der Waals surface area contributed by atoms with Gasteiger partial charge in [-0.15, -0.1) is 0 Å². The number of hydrogen-bond donors (Lipinski definition) is 0. The highest BCUT2D eigenvalue weighted by atomic mass is 35.5. The van der Waals surface area contributed by atoms with Crippen LogP contribution in [0.1, 0.15) is 11.3 Å². The third kappa shape index (κ3) is 3.44. The molecule has 0 saturated heterocycles. The van der Waals surface area contributed by atoms with Crippen LogP contribution in [-0.2, 0) is 6.18 Å². The molecule has 0 fully saturated rings. The van der Waals surface area contributed by atoms with E-state index in [0.717, 1.165) is 23.9 Å². The molecule has 2 nitrogen and oxygen atoms in total. The van der Waals surface area contributed by atoms with Crippen molar-refractivity contribution in [2.45, 2.75) is 16.1 Å². The fourth-order valence-corrected chi connectivity index (χ4v) is 2.36. The van der Waals surface area contributed by atoms with Crippen molar-refractivity contribution in [1.29, 1.82) is 5.26 Å². The van der Waals surface area contributed by atoms with E-state index < -0.39 is 11.9 Å². The molecule has 2 aromatic rings. The van der Waals surface area contributed by atoms with E-state index in [1.165, 1.54) is 0 Å². The van der Waals surface area contributed by atoms with Crippen molar-refractivity contribution in [2.75, 3.05) is 0 Å². The van der Waals surface area contributed by atoms with Crippen LogP contribution >= 0.6 is 23.4 Å². The van der Waals surface area contributed by atoms with Crippen molar-refractivity contribution in [1.82, 2.24) is 4.98 Å². The molecule has 0 atom stereocenters. The second-order valence-electron chi connectivity index (χ2n) is 3.71. The third-order valence-electron chi connectivity index (χ3n) is 2.30. The van der Waals surface area contributed by atoms with E-state index in [9.17, 15) is 13.2 Å². The summed E-state index contributed by atoms with van der Waals surface area (Å²) in [4.78, 5) is 4.17. The lowest BCUT2D eigenvalue weighted by Crippen LogP contribution is -2.08. The van der Waals surface area contributed by atoms with Crippen molar-refractivity contribution in [3.8, 4) is 6.07 Å². The highest BCUT2D eigenvalue weighted by molar-refractivity contribution is 7.99. The van der Waals surface area contributed by atoms with Gasteiger partial charge in [0.1, 0.15) is 16.8 Å². The molecular weight excluding hydrogens is 309 g/mol. The summed E-state index contributed by atoms with van der Waals surface area (Å²) in [6, 6.07) is 10.3. The van der Waals surface area contributed by atoms with Crippen LogP contribution in [-0.4, -0.2) is 4.98 Å². The summed E-state index contributed by atoms with van der Waals surface area (Å²) in [6.07, 6.45) is -4.54. The van der Waals surface area contributed by atoms with Gasteiger partial charge < -0.3 is 0 Å². The first-order chi connectivity index (χ1) is 9.40. The molecule has 0 bridgehead atoms. The maximum Gasteiger partial charge on any atom is 0.433 e. The number of benzene rings is 1. The van der Waals surface area contributed by atoms with Crippen molar-refractivity contribution in [2.24, 2.45) is 0 Å². The topological polar surface area (TPSA) is 36.7 Å². The molecule has 0 saturated carbocycles. The minimum Gasteiger partial charge on any atom is -0.235 e. The minimum atomic E-state index is -4.54. The molecule has 7 heteroatoms.